The number of hydrogen-bond donors (Lipinski definition) is 2. The Morgan fingerprint density at radius 1 is 1.32 bits per heavy atom. The molecule has 4 rings (SSSR count). The van der Waals surface area contributed by atoms with E-state index in [4.69, 9.17) is 4.42 Å². The molecule has 0 spiro atoms. The molecule has 2 unspecified atom stereocenters. The van der Waals surface area contributed by atoms with Crippen LogP contribution in [0.1, 0.15) is 37.5 Å². The van der Waals surface area contributed by atoms with Gasteiger partial charge in [-0.3, -0.25) is 9.89 Å². The highest BCUT2D eigenvalue weighted by atomic mass is 16.3. The van der Waals surface area contributed by atoms with Gasteiger partial charge in [0.05, 0.1) is 6.54 Å². The molecule has 0 bridgehead atoms. The number of nitrogens with one attached hydrogen (secondary N) is 2. The lowest BCUT2D eigenvalue weighted by atomic mass is 10.1. The van der Waals surface area contributed by atoms with Gasteiger partial charge in [-0.2, -0.15) is 0 Å². The topological polar surface area (TPSA) is 52.8 Å². The molecule has 2 atom stereocenters. The summed E-state index contributed by atoms with van der Waals surface area (Å²) in [5.41, 5.74) is 2.15. The van der Waals surface area contributed by atoms with Crippen molar-refractivity contribution in [2.45, 2.75) is 57.8 Å². The molecule has 1 aliphatic heterocycles. The van der Waals surface area contributed by atoms with E-state index < -0.39 is 0 Å². The Morgan fingerprint density at radius 3 is 2.84 bits per heavy atom. The quantitative estimate of drug-likeness (QED) is 0.663. The smallest absolute Gasteiger partial charge is 0.191 e. The van der Waals surface area contributed by atoms with Crippen LogP contribution in [0.25, 0.3) is 11.0 Å². The third-order valence-corrected chi connectivity index (χ3v) is 5.56. The Morgan fingerprint density at radius 2 is 2.12 bits per heavy atom. The molecule has 134 valence electrons. The van der Waals surface area contributed by atoms with Crippen molar-refractivity contribution < 1.29 is 4.42 Å². The summed E-state index contributed by atoms with van der Waals surface area (Å²) < 4.78 is 5.98. The molecule has 1 aromatic carbocycles. The molecular weight excluding hydrogens is 312 g/mol. The lowest BCUT2D eigenvalue weighted by Crippen LogP contribution is -2.44. The van der Waals surface area contributed by atoms with E-state index in [1.54, 1.807) is 0 Å². The molecule has 5 heteroatoms. The molecule has 5 nitrogen and oxygen atoms in total. The van der Waals surface area contributed by atoms with Gasteiger partial charge in [0.25, 0.3) is 0 Å². The first kappa shape index (κ1) is 16.5. The summed E-state index contributed by atoms with van der Waals surface area (Å²) in [6, 6.07) is 10.2. The molecule has 0 amide bonds. The van der Waals surface area contributed by atoms with Crippen LogP contribution in [0.2, 0.25) is 0 Å². The fraction of sp³-hybridized carbons (Fsp3) is 0.550. The lowest BCUT2D eigenvalue weighted by Gasteiger charge is -2.20. The molecule has 2 aromatic rings. The molecule has 2 aliphatic rings. The second-order valence-corrected chi connectivity index (χ2v) is 7.43. The summed E-state index contributed by atoms with van der Waals surface area (Å²) in [6.07, 6.45) is 3.92. The SMILES string of the molecule is CN=C(NCc1oc2ccccc2c1C)NC1CC(C)N(C2CC2)C1. The molecule has 1 aliphatic carbocycles. The number of guanidine groups is 1. The molecule has 2 fully saturated rings. The highest BCUT2D eigenvalue weighted by Crippen LogP contribution is 2.33. The van der Waals surface area contributed by atoms with E-state index in [1.165, 1.54) is 30.2 Å². The van der Waals surface area contributed by atoms with E-state index in [0.29, 0.717) is 18.6 Å². The Hall–Kier alpha value is -2.01. The Balaban J connectivity index is 1.36. The van der Waals surface area contributed by atoms with Crippen molar-refractivity contribution in [1.82, 2.24) is 15.5 Å². The van der Waals surface area contributed by atoms with Crippen LogP contribution in [0, 0.1) is 6.92 Å². The molecular formula is C20H28N4O. The van der Waals surface area contributed by atoms with Crippen LogP contribution in [0.5, 0.6) is 0 Å². The Kier molecular flexibility index (Phi) is 4.42. The minimum absolute atomic E-state index is 0.471. The van der Waals surface area contributed by atoms with Crippen molar-refractivity contribution in [1.29, 1.82) is 0 Å². The van der Waals surface area contributed by atoms with E-state index >= 15 is 0 Å². The fourth-order valence-corrected chi connectivity index (χ4v) is 4.02. The van der Waals surface area contributed by atoms with Crippen molar-refractivity contribution in [3.8, 4) is 0 Å². The van der Waals surface area contributed by atoms with Crippen LogP contribution in [-0.4, -0.2) is 42.6 Å². The van der Waals surface area contributed by atoms with Crippen molar-refractivity contribution >= 4 is 16.9 Å². The summed E-state index contributed by atoms with van der Waals surface area (Å²) in [7, 11) is 1.83. The van der Waals surface area contributed by atoms with E-state index in [1.807, 2.05) is 19.2 Å². The number of likely N-dealkylation sites (tertiary alicyclic amines) is 1. The molecule has 2 N–H and O–H groups in total. The second-order valence-electron chi connectivity index (χ2n) is 7.43. The first-order valence-corrected chi connectivity index (χ1v) is 9.35. The van der Waals surface area contributed by atoms with Gasteiger partial charge in [-0.25, -0.2) is 0 Å². The second kappa shape index (κ2) is 6.71. The maximum absolute atomic E-state index is 5.98. The molecule has 25 heavy (non-hydrogen) atoms. The minimum Gasteiger partial charge on any atom is -0.459 e. The number of aryl methyl sites for hydroxylation is 1. The van der Waals surface area contributed by atoms with Crippen molar-refractivity contribution in [2.75, 3.05) is 13.6 Å². The average molecular weight is 340 g/mol. The summed E-state index contributed by atoms with van der Waals surface area (Å²) in [4.78, 5) is 7.04. The molecule has 1 saturated heterocycles. The van der Waals surface area contributed by atoms with Crippen LogP contribution in [0.3, 0.4) is 0 Å². The zero-order valence-electron chi connectivity index (χ0n) is 15.4. The average Bonchev–Trinajstić information content (AvgIpc) is 3.33. The fourth-order valence-electron chi connectivity index (χ4n) is 4.02. The molecule has 0 radical (unpaired) electrons. The molecule has 2 heterocycles. The first-order chi connectivity index (χ1) is 12.2. The largest absolute Gasteiger partial charge is 0.459 e. The summed E-state index contributed by atoms with van der Waals surface area (Å²) >= 11 is 0. The number of fused-ring (bicyclic) bond motifs is 1. The summed E-state index contributed by atoms with van der Waals surface area (Å²) in [5, 5.41) is 8.19. The van der Waals surface area contributed by atoms with Gasteiger partial charge in [-0.1, -0.05) is 18.2 Å². The van der Waals surface area contributed by atoms with Gasteiger partial charge in [-0.15, -0.1) is 0 Å². The third-order valence-electron chi connectivity index (χ3n) is 5.56. The zero-order chi connectivity index (χ0) is 17.4. The maximum atomic E-state index is 5.98. The van der Waals surface area contributed by atoms with Gasteiger partial charge in [-0.05, 0) is 39.2 Å². The summed E-state index contributed by atoms with van der Waals surface area (Å²) in [5.74, 6) is 1.83. The highest BCUT2D eigenvalue weighted by Gasteiger charge is 2.38. The van der Waals surface area contributed by atoms with Crippen LogP contribution in [-0.2, 0) is 6.54 Å². The number of para-hydroxylation sites is 1. The third kappa shape index (κ3) is 3.38. The van der Waals surface area contributed by atoms with Gasteiger partial charge < -0.3 is 15.1 Å². The predicted molar refractivity (Wildman–Crippen MR) is 102 cm³/mol. The highest BCUT2D eigenvalue weighted by molar-refractivity contribution is 5.83. The minimum atomic E-state index is 0.471. The van der Waals surface area contributed by atoms with Gasteiger partial charge in [0.15, 0.2) is 5.96 Å². The number of nitrogens with zero attached hydrogens (tertiary/aromatic N) is 2. The number of rotatable bonds is 4. The molecule has 1 saturated carbocycles. The van der Waals surface area contributed by atoms with Crippen LogP contribution in [0.4, 0.5) is 0 Å². The van der Waals surface area contributed by atoms with Crippen LogP contribution < -0.4 is 10.6 Å². The normalized spacial score (nSPS) is 24.8. The number of hydrogen-bond acceptors (Lipinski definition) is 3. The Bertz CT molecular complexity index is 777. The van der Waals surface area contributed by atoms with Crippen molar-refractivity contribution in [2.24, 2.45) is 4.99 Å². The standard InChI is InChI=1S/C20H28N4O/c1-13-10-15(12-24(13)16-8-9-16)23-20(21-3)22-11-19-14(2)17-6-4-5-7-18(17)25-19/h4-7,13,15-16H,8-12H2,1-3H3,(H2,21,22,23). The first-order valence-electron chi connectivity index (χ1n) is 9.35. The number of furan rings is 1. The van der Waals surface area contributed by atoms with Gasteiger partial charge >= 0.3 is 0 Å². The number of aliphatic imine (C=N–C) groups is 1. The van der Waals surface area contributed by atoms with Crippen LogP contribution in [0.15, 0.2) is 33.7 Å². The zero-order valence-corrected chi connectivity index (χ0v) is 15.4. The van der Waals surface area contributed by atoms with E-state index in [-0.39, 0.29) is 0 Å². The van der Waals surface area contributed by atoms with E-state index in [2.05, 4.69) is 46.5 Å². The lowest BCUT2D eigenvalue weighted by molar-refractivity contribution is 0.256. The monoisotopic (exact) mass is 340 g/mol. The predicted octanol–water partition coefficient (Wildman–Crippen LogP) is 3.03. The van der Waals surface area contributed by atoms with Gasteiger partial charge in [0.1, 0.15) is 11.3 Å². The van der Waals surface area contributed by atoms with Crippen LogP contribution >= 0.6 is 0 Å². The van der Waals surface area contributed by atoms with Gasteiger partial charge in [0, 0.05) is 42.7 Å². The van der Waals surface area contributed by atoms with E-state index in [9.17, 15) is 0 Å². The van der Waals surface area contributed by atoms with Crippen molar-refractivity contribution in [3.05, 3.63) is 35.6 Å². The number of benzene rings is 1. The van der Waals surface area contributed by atoms with E-state index in [0.717, 1.165) is 29.9 Å². The molecule has 1 aromatic heterocycles. The Labute approximate surface area is 149 Å². The van der Waals surface area contributed by atoms with Crippen molar-refractivity contribution in [3.63, 3.8) is 0 Å². The summed E-state index contributed by atoms with van der Waals surface area (Å²) in [6.45, 7) is 6.23. The maximum Gasteiger partial charge on any atom is 0.191 e. The van der Waals surface area contributed by atoms with Gasteiger partial charge in [0.2, 0.25) is 0 Å².